The van der Waals surface area contributed by atoms with Gasteiger partial charge in [0, 0.05) is 38.2 Å². The summed E-state index contributed by atoms with van der Waals surface area (Å²) in [7, 11) is 4.05. The van der Waals surface area contributed by atoms with Gasteiger partial charge in [-0.1, -0.05) is 41.4 Å². The van der Waals surface area contributed by atoms with Gasteiger partial charge in [-0.25, -0.2) is 0 Å². The minimum atomic E-state index is -0.0198. The van der Waals surface area contributed by atoms with E-state index in [1.807, 2.05) is 60.3 Å². The predicted octanol–water partition coefficient (Wildman–Crippen LogP) is 4.71. The van der Waals surface area contributed by atoms with Crippen molar-refractivity contribution in [2.24, 2.45) is 0 Å². The van der Waals surface area contributed by atoms with Crippen LogP contribution in [0.15, 0.2) is 42.5 Å². The molecule has 0 spiro atoms. The second kappa shape index (κ2) is 11.0. The number of hydrogen-bond donors (Lipinski definition) is 0. The third-order valence-electron chi connectivity index (χ3n) is 5.42. The smallest absolute Gasteiger partial charge is 0.254 e. The maximum Gasteiger partial charge on any atom is 0.254 e. The second-order valence-corrected chi connectivity index (χ2v) is 9.06. The molecule has 0 atom stereocenters. The van der Waals surface area contributed by atoms with Crippen molar-refractivity contribution < 1.29 is 9.59 Å². The van der Waals surface area contributed by atoms with E-state index in [4.69, 9.17) is 23.2 Å². The third-order valence-corrected chi connectivity index (χ3v) is 6.16. The lowest BCUT2D eigenvalue weighted by Crippen LogP contribution is -2.33. The van der Waals surface area contributed by atoms with Gasteiger partial charge in [0.2, 0.25) is 5.91 Å². The van der Waals surface area contributed by atoms with Gasteiger partial charge in [0.05, 0.1) is 10.0 Å². The van der Waals surface area contributed by atoms with Gasteiger partial charge in [-0.2, -0.15) is 0 Å². The van der Waals surface area contributed by atoms with Crippen LogP contribution in [-0.2, 0) is 17.9 Å². The van der Waals surface area contributed by atoms with Gasteiger partial charge >= 0.3 is 0 Å². The second-order valence-electron chi connectivity index (χ2n) is 8.25. The lowest BCUT2D eigenvalue weighted by molar-refractivity contribution is -0.128. The van der Waals surface area contributed by atoms with Gasteiger partial charge in [-0.3, -0.25) is 9.59 Å². The first kappa shape index (κ1) is 23.6. The van der Waals surface area contributed by atoms with Crippen LogP contribution in [0.3, 0.4) is 0 Å². The molecule has 7 heteroatoms. The minimum Gasteiger partial charge on any atom is -0.338 e. The number of amides is 2. The molecule has 2 aromatic carbocycles. The summed E-state index contributed by atoms with van der Waals surface area (Å²) < 4.78 is 0. The maximum absolute atomic E-state index is 13.3. The highest BCUT2D eigenvalue weighted by Crippen LogP contribution is 2.24. The molecule has 0 aliphatic carbocycles. The molecule has 2 aromatic rings. The van der Waals surface area contributed by atoms with Gasteiger partial charge in [-0.15, -0.1) is 0 Å². The average Bonchev–Trinajstić information content (AvgIpc) is 3.14. The molecule has 0 radical (unpaired) electrons. The molecule has 1 aliphatic heterocycles. The lowest BCUT2D eigenvalue weighted by atomic mass is 10.1. The molecule has 166 valence electrons. The number of carbonyl (C=O) groups excluding carboxylic acids is 2. The van der Waals surface area contributed by atoms with Crippen LogP contribution in [0.5, 0.6) is 0 Å². The van der Waals surface area contributed by atoms with Crippen molar-refractivity contribution in [2.75, 3.05) is 33.7 Å². The van der Waals surface area contributed by atoms with Crippen LogP contribution in [0.4, 0.5) is 0 Å². The highest BCUT2D eigenvalue weighted by Gasteiger charge is 2.21. The highest BCUT2D eigenvalue weighted by atomic mass is 35.5. The van der Waals surface area contributed by atoms with Crippen LogP contribution < -0.4 is 0 Å². The van der Waals surface area contributed by atoms with Crippen LogP contribution in [0, 0.1) is 0 Å². The molecule has 3 rings (SSSR count). The summed E-state index contributed by atoms with van der Waals surface area (Å²) in [6.45, 7) is 3.41. The Balaban J connectivity index is 1.71. The van der Waals surface area contributed by atoms with E-state index in [-0.39, 0.29) is 11.8 Å². The van der Waals surface area contributed by atoms with E-state index in [1.54, 1.807) is 6.07 Å². The lowest BCUT2D eigenvalue weighted by Gasteiger charge is -2.24. The molecule has 31 heavy (non-hydrogen) atoms. The van der Waals surface area contributed by atoms with Crippen LogP contribution in [0.1, 0.15) is 40.7 Å². The molecule has 1 heterocycles. The van der Waals surface area contributed by atoms with Gasteiger partial charge < -0.3 is 14.7 Å². The van der Waals surface area contributed by atoms with Crippen LogP contribution in [-0.4, -0.2) is 60.2 Å². The molecular formula is C24H29Cl2N3O2. The normalized spacial score (nSPS) is 13.8. The van der Waals surface area contributed by atoms with Crippen molar-refractivity contribution in [3.8, 4) is 0 Å². The Labute approximate surface area is 194 Å². The van der Waals surface area contributed by atoms with Crippen molar-refractivity contribution in [1.82, 2.24) is 14.7 Å². The molecule has 1 fully saturated rings. The summed E-state index contributed by atoms with van der Waals surface area (Å²) >= 11 is 12.2. The topological polar surface area (TPSA) is 43.9 Å². The number of nitrogens with zero attached hydrogens (tertiary/aromatic N) is 3. The molecule has 0 unspecified atom stereocenters. The molecule has 1 saturated heterocycles. The standard InChI is InChI=1S/C24H29Cl2N3O2/c1-27(2)12-4-14-29(17-19-8-11-21(25)22(26)15-19)24(31)20-9-6-18(7-10-20)16-28-13-3-5-23(28)30/h6-11,15H,3-5,12-14,16-17H2,1-2H3. The zero-order valence-corrected chi connectivity index (χ0v) is 19.6. The largest absolute Gasteiger partial charge is 0.338 e. The SMILES string of the molecule is CN(C)CCCN(Cc1ccc(Cl)c(Cl)c1)C(=O)c1ccc(CN2CCCC2=O)cc1. The Morgan fingerprint density at radius 3 is 2.32 bits per heavy atom. The summed E-state index contributed by atoms with van der Waals surface area (Å²) in [4.78, 5) is 31.0. The zero-order chi connectivity index (χ0) is 22.4. The van der Waals surface area contributed by atoms with E-state index in [0.29, 0.717) is 41.7 Å². The first-order valence-corrected chi connectivity index (χ1v) is 11.3. The van der Waals surface area contributed by atoms with E-state index in [1.165, 1.54) is 0 Å². The number of halogens is 2. The van der Waals surface area contributed by atoms with Crippen LogP contribution >= 0.6 is 23.2 Å². The molecular weight excluding hydrogens is 433 g/mol. The molecule has 0 bridgehead atoms. The van der Waals surface area contributed by atoms with E-state index >= 15 is 0 Å². The Hall–Kier alpha value is -2.08. The fraction of sp³-hybridized carbons (Fsp3) is 0.417. The predicted molar refractivity (Wildman–Crippen MR) is 125 cm³/mol. The molecule has 5 nitrogen and oxygen atoms in total. The van der Waals surface area contributed by atoms with Crippen molar-refractivity contribution in [3.05, 3.63) is 69.2 Å². The first-order valence-electron chi connectivity index (χ1n) is 10.6. The molecule has 0 saturated carbocycles. The first-order chi connectivity index (χ1) is 14.8. The number of likely N-dealkylation sites (tertiary alicyclic amines) is 1. The number of carbonyl (C=O) groups is 2. The minimum absolute atomic E-state index is 0.0198. The Bertz CT molecular complexity index is 916. The van der Waals surface area contributed by atoms with E-state index in [2.05, 4.69) is 4.90 Å². The quantitative estimate of drug-likeness (QED) is 0.542. The monoisotopic (exact) mass is 461 g/mol. The van der Waals surface area contributed by atoms with E-state index < -0.39 is 0 Å². The van der Waals surface area contributed by atoms with Crippen LogP contribution in [0.25, 0.3) is 0 Å². The Morgan fingerprint density at radius 2 is 1.71 bits per heavy atom. The van der Waals surface area contributed by atoms with Crippen molar-refractivity contribution >= 4 is 35.0 Å². The highest BCUT2D eigenvalue weighted by molar-refractivity contribution is 6.42. The summed E-state index contributed by atoms with van der Waals surface area (Å²) in [5.41, 5.74) is 2.62. The van der Waals surface area contributed by atoms with Crippen LogP contribution in [0.2, 0.25) is 10.0 Å². The molecule has 1 aliphatic rings. The Kier molecular flexibility index (Phi) is 8.35. The van der Waals surface area contributed by atoms with Crippen molar-refractivity contribution in [1.29, 1.82) is 0 Å². The fourth-order valence-electron chi connectivity index (χ4n) is 3.72. The molecule has 0 aromatic heterocycles. The van der Waals surface area contributed by atoms with Gasteiger partial charge in [-0.05, 0) is 68.9 Å². The third kappa shape index (κ3) is 6.70. The Morgan fingerprint density at radius 1 is 1.00 bits per heavy atom. The van der Waals surface area contributed by atoms with E-state index in [9.17, 15) is 9.59 Å². The summed E-state index contributed by atoms with van der Waals surface area (Å²) in [5, 5.41) is 0.989. The summed E-state index contributed by atoms with van der Waals surface area (Å²) in [5.74, 6) is 0.183. The number of benzene rings is 2. The molecule has 0 N–H and O–H groups in total. The number of hydrogen-bond acceptors (Lipinski definition) is 3. The van der Waals surface area contributed by atoms with Gasteiger partial charge in [0.25, 0.3) is 5.91 Å². The van der Waals surface area contributed by atoms with Gasteiger partial charge in [0.1, 0.15) is 0 Å². The average molecular weight is 462 g/mol. The van der Waals surface area contributed by atoms with Crippen molar-refractivity contribution in [2.45, 2.75) is 32.4 Å². The maximum atomic E-state index is 13.3. The zero-order valence-electron chi connectivity index (χ0n) is 18.1. The summed E-state index contributed by atoms with van der Waals surface area (Å²) in [6.07, 6.45) is 2.43. The van der Waals surface area contributed by atoms with E-state index in [0.717, 1.165) is 37.1 Å². The fourth-order valence-corrected chi connectivity index (χ4v) is 4.04. The number of rotatable bonds is 9. The van der Waals surface area contributed by atoms with Gasteiger partial charge in [0.15, 0.2) is 0 Å². The van der Waals surface area contributed by atoms with Crippen molar-refractivity contribution in [3.63, 3.8) is 0 Å². The summed E-state index contributed by atoms with van der Waals surface area (Å²) in [6, 6.07) is 13.1. The molecule has 2 amide bonds.